The van der Waals surface area contributed by atoms with E-state index in [1.807, 2.05) is 6.08 Å². The van der Waals surface area contributed by atoms with E-state index in [1.54, 1.807) is 6.21 Å². The summed E-state index contributed by atoms with van der Waals surface area (Å²) in [6, 6.07) is 0. The third kappa shape index (κ3) is 2.02. The van der Waals surface area contributed by atoms with E-state index in [1.165, 1.54) is 31.3 Å². The fourth-order valence-electron chi connectivity index (χ4n) is 8.24. The van der Waals surface area contributed by atoms with Crippen LogP contribution in [0, 0.1) is 58.2 Å². The average molecular weight is 341 g/mol. The van der Waals surface area contributed by atoms with Gasteiger partial charge in [-0.3, -0.25) is 4.79 Å². The van der Waals surface area contributed by atoms with E-state index in [2.05, 4.69) is 6.92 Å². The largest absolute Gasteiger partial charge is 0.396 e. The van der Waals surface area contributed by atoms with Gasteiger partial charge in [0.05, 0.1) is 0 Å². The highest BCUT2D eigenvalue weighted by Gasteiger charge is 2.69. The summed E-state index contributed by atoms with van der Waals surface area (Å²) in [4.78, 5) is 12.0. The number of rotatable bonds is 3. The molecule has 0 amide bonds. The number of carbonyl (C=O) groups is 1. The number of aliphatic hydroxyl groups excluding tert-OH is 1. The molecule has 0 radical (unpaired) electrons. The number of fused-ring (bicyclic) bond motifs is 7. The molecule has 0 saturated heterocycles. The number of ketones is 1. The standard InChI is InChI=1S/C22H31NO2/c1-2-22-6-5-15-14-4-3-13(25)8-16(14)12(11-24)7-18(15)21(22)19-9-17(19)20(22)10-23/h8,10,12,14-15,17-21,23-24H,2-7,9,11H2,1H3/t12-,14?,15?,17-,18?,19+,20-,21?,22+/m0/s1. The fourth-order valence-corrected chi connectivity index (χ4v) is 8.24. The molecule has 0 aromatic heterocycles. The first-order valence-corrected chi connectivity index (χ1v) is 10.5. The van der Waals surface area contributed by atoms with Crippen molar-refractivity contribution in [1.29, 1.82) is 5.41 Å². The second-order valence-electron chi connectivity index (χ2n) is 9.61. The molecule has 0 heterocycles. The molecule has 25 heavy (non-hydrogen) atoms. The molecule has 3 nitrogen and oxygen atoms in total. The molecule has 2 N–H and O–H groups in total. The Hall–Kier alpha value is -0.960. The van der Waals surface area contributed by atoms with Crippen molar-refractivity contribution in [2.75, 3.05) is 6.61 Å². The van der Waals surface area contributed by atoms with Crippen molar-refractivity contribution in [3.8, 4) is 0 Å². The van der Waals surface area contributed by atoms with E-state index in [9.17, 15) is 9.90 Å². The van der Waals surface area contributed by atoms with Gasteiger partial charge in [0.15, 0.2) is 5.78 Å². The summed E-state index contributed by atoms with van der Waals surface area (Å²) in [6.07, 6.45) is 11.6. The molecule has 0 bridgehead atoms. The van der Waals surface area contributed by atoms with Gasteiger partial charge >= 0.3 is 0 Å². The van der Waals surface area contributed by atoms with E-state index in [0.717, 1.165) is 36.5 Å². The van der Waals surface area contributed by atoms with Crippen LogP contribution in [0.15, 0.2) is 11.6 Å². The first-order chi connectivity index (χ1) is 12.1. The highest BCUT2D eigenvalue weighted by molar-refractivity contribution is 5.91. The molecule has 0 aromatic carbocycles. The first-order valence-electron chi connectivity index (χ1n) is 10.5. The predicted molar refractivity (Wildman–Crippen MR) is 97.3 cm³/mol. The van der Waals surface area contributed by atoms with Gasteiger partial charge in [-0.25, -0.2) is 0 Å². The molecular formula is C22H31NO2. The highest BCUT2D eigenvalue weighted by atomic mass is 16.3. The van der Waals surface area contributed by atoms with Crippen molar-refractivity contribution in [3.63, 3.8) is 0 Å². The molecule has 0 aromatic rings. The third-order valence-electron chi connectivity index (χ3n) is 9.16. The monoisotopic (exact) mass is 341 g/mol. The SMILES string of the molecule is CC[C@]12CCC3C4CCC(=O)C=C4[C@H](CO)CC3C1[C@@H]1C[C@@H]1[C@@H]2C=N. The Morgan fingerprint density at radius 3 is 2.76 bits per heavy atom. The van der Waals surface area contributed by atoms with Gasteiger partial charge in [-0.15, -0.1) is 0 Å². The van der Waals surface area contributed by atoms with Gasteiger partial charge in [0, 0.05) is 24.9 Å². The molecule has 4 unspecified atom stereocenters. The first kappa shape index (κ1) is 16.2. The molecule has 0 aliphatic heterocycles. The lowest BCUT2D eigenvalue weighted by Crippen LogP contribution is -2.51. The van der Waals surface area contributed by atoms with Crippen LogP contribution in [0.1, 0.15) is 51.9 Å². The number of nitrogens with one attached hydrogen (secondary N) is 1. The maximum Gasteiger partial charge on any atom is 0.155 e. The zero-order chi connectivity index (χ0) is 17.3. The molecule has 5 aliphatic rings. The quantitative estimate of drug-likeness (QED) is 0.766. The van der Waals surface area contributed by atoms with Crippen LogP contribution >= 0.6 is 0 Å². The molecule has 0 spiro atoms. The number of carbonyl (C=O) groups excluding carboxylic acids is 1. The normalized spacial score (nSPS) is 53.2. The van der Waals surface area contributed by atoms with Gasteiger partial charge in [-0.1, -0.05) is 12.5 Å². The number of aliphatic hydroxyl groups is 1. The Labute approximate surface area is 150 Å². The Balaban J connectivity index is 1.53. The van der Waals surface area contributed by atoms with Crippen LogP contribution in [-0.2, 0) is 4.79 Å². The van der Waals surface area contributed by atoms with Gasteiger partial charge in [-0.05, 0) is 91.7 Å². The molecule has 3 heteroatoms. The van der Waals surface area contributed by atoms with Crippen molar-refractivity contribution < 1.29 is 9.90 Å². The molecule has 4 fully saturated rings. The molecule has 4 saturated carbocycles. The van der Waals surface area contributed by atoms with Crippen LogP contribution in [0.25, 0.3) is 0 Å². The minimum absolute atomic E-state index is 0.201. The number of hydrogen-bond donors (Lipinski definition) is 2. The zero-order valence-corrected chi connectivity index (χ0v) is 15.3. The summed E-state index contributed by atoms with van der Waals surface area (Å²) in [6.45, 7) is 2.55. The summed E-state index contributed by atoms with van der Waals surface area (Å²) < 4.78 is 0. The molecular weight excluding hydrogens is 310 g/mol. The van der Waals surface area contributed by atoms with Gasteiger partial charge in [-0.2, -0.15) is 0 Å². The predicted octanol–water partition coefficient (Wildman–Crippen LogP) is 3.86. The Kier molecular flexibility index (Phi) is 3.58. The summed E-state index contributed by atoms with van der Waals surface area (Å²) in [5.41, 5.74) is 1.65. The van der Waals surface area contributed by atoms with E-state index >= 15 is 0 Å². The van der Waals surface area contributed by atoms with Gasteiger partial charge in [0.25, 0.3) is 0 Å². The summed E-state index contributed by atoms with van der Waals surface area (Å²) in [5, 5.41) is 18.1. The van der Waals surface area contributed by atoms with Crippen LogP contribution in [0.2, 0.25) is 0 Å². The van der Waals surface area contributed by atoms with Gasteiger partial charge in [0.1, 0.15) is 0 Å². The Morgan fingerprint density at radius 2 is 2.04 bits per heavy atom. The van der Waals surface area contributed by atoms with E-state index in [0.29, 0.717) is 29.6 Å². The Bertz CT molecular complexity index is 640. The second kappa shape index (κ2) is 5.52. The minimum Gasteiger partial charge on any atom is -0.396 e. The van der Waals surface area contributed by atoms with Crippen LogP contribution in [0.5, 0.6) is 0 Å². The molecule has 5 aliphatic carbocycles. The van der Waals surface area contributed by atoms with E-state index in [4.69, 9.17) is 5.41 Å². The minimum atomic E-state index is 0.201. The van der Waals surface area contributed by atoms with Gasteiger partial charge < -0.3 is 10.5 Å². The van der Waals surface area contributed by atoms with Crippen LogP contribution in [0.3, 0.4) is 0 Å². The average Bonchev–Trinajstić information content (AvgIpc) is 3.35. The summed E-state index contributed by atoms with van der Waals surface area (Å²) in [5.74, 6) is 5.34. The van der Waals surface area contributed by atoms with Crippen molar-refractivity contribution >= 4 is 12.0 Å². The summed E-state index contributed by atoms with van der Waals surface area (Å²) in [7, 11) is 0. The highest BCUT2D eigenvalue weighted by Crippen LogP contribution is 2.75. The van der Waals surface area contributed by atoms with Crippen molar-refractivity contribution in [2.24, 2.45) is 52.8 Å². The topological polar surface area (TPSA) is 61.1 Å². The third-order valence-corrected chi connectivity index (χ3v) is 9.16. The van der Waals surface area contributed by atoms with Crippen molar-refractivity contribution in [1.82, 2.24) is 0 Å². The lowest BCUT2D eigenvalue weighted by atomic mass is 9.47. The molecule has 5 rings (SSSR count). The van der Waals surface area contributed by atoms with Crippen LogP contribution in [-0.4, -0.2) is 23.7 Å². The van der Waals surface area contributed by atoms with Crippen LogP contribution in [0.4, 0.5) is 0 Å². The number of hydrogen-bond acceptors (Lipinski definition) is 3. The summed E-state index contributed by atoms with van der Waals surface area (Å²) >= 11 is 0. The lowest BCUT2D eigenvalue weighted by Gasteiger charge is -2.57. The van der Waals surface area contributed by atoms with Crippen molar-refractivity contribution in [3.05, 3.63) is 11.6 Å². The van der Waals surface area contributed by atoms with E-state index < -0.39 is 0 Å². The van der Waals surface area contributed by atoms with Crippen molar-refractivity contribution in [2.45, 2.75) is 51.9 Å². The lowest BCUT2D eigenvalue weighted by molar-refractivity contribution is -0.116. The van der Waals surface area contributed by atoms with E-state index in [-0.39, 0.29) is 18.3 Å². The smallest absolute Gasteiger partial charge is 0.155 e. The zero-order valence-electron chi connectivity index (χ0n) is 15.3. The van der Waals surface area contributed by atoms with Crippen LogP contribution < -0.4 is 0 Å². The maximum absolute atomic E-state index is 12.0. The molecule has 9 atom stereocenters. The Morgan fingerprint density at radius 1 is 1.24 bits per heavy atom. The fraction of sp³-hybridized carbons (Fsp3) is 0.818. The maximum atomic E-state index is 12.0. The van der Waals surface area contributed by atoms with Gasteiger partial charge in [0.2, 0.25) is 0 Å². The second-order valence-corrected chi connectivity index (χ2v) is 9.61. The molecule has 136 valence electrons.